The first-order valence-electron chi connectivity index (χ1n) is 8.06. The molecule has 5 nitrogen and oxygen atoms in total. The van der Waals surface area contributed by atoms with Gasteiger partial charge in [0.2, 0.25) is 0 Å². The van der Waals surface area contributed by atoms with Gasteiger partial charge in [0.25, 0.3) is 0 Å². The Kier molecular flexibility index (Phi) is 3.82. The summed E-state index contributed by atoms with van der Waals surface area (Å²) in [6.07, 6.45) is 0.651. The molecule has 4 rings (SSSR count). The highest BCUT2D eigenvalue weighted by Gasteiger charge is 2.11. The number of hydrogen-bond donors (Lipinski definition) is 2. The number of nitrogen functional groups attached to an aromatic ring is 1. The number of ether oxygens (including phenoxy) is 1. The van der Waals surface area contributed by atoms with Crippen LogP contribution in [-0.4, -0.2) is 22.1 Å². The van der Waals surface area contributed by atoms with Crippen LogP contribution in [0.25, 0.3) is 22.3 Å². The normalized spacial score (nSPS) is 10.9. The molecule has 4 aromatic rings. The van der Waals surface area contributed by atoms with Crippen molar-refractivity contribution in [2.24, 2.45) is 0 Å². The van der Waals surface area contributed by atoms with Crippen molar-refractivity contribution in [3.8, 4) is 17.0 Å². The number of rotatable bonds is 4. The Morgan fingerprint density at radius 1 is 1.00 bits per heavy atom. The van der Waals surface area contributed by atoms with Gasteiger partial charge in [-0.05, 0) is 41.5 Å². The average molecular weight is 330 g/mol. The molecule has 0 spiro atoms. The first-order chi connectivity index (χ1) is 12.2. The van der Waals surface area contributed by atoms with Crippen LogP contribution in [0.15, 0.2) is 60.7 Å². The van der Waals surface area contributed by atoms with Crippen LogP contribution in [-0.2, 0) is 6.42 Å². The lowest BCUT2D eigenvalue weighted by molar-refractivity contribution is 0.415. The van der Waals surface area contributed by atoms with Crippen molar-refractivity contribution >= 4 is 16.9 Å². The van der Waals surface area contributed by atoms with Crippen molar-refractivity contribution in [3.63, 3.8) is 0 Å². The molecular formula is C20H18N4O. The second-order valence-corrected chi connectivity index (χ2v) is 5.86. The molecule has 0 amide bonds. The second-order valence-electron chi connectivity index (χ2n) is 5.86. The standard InChI is InChI=1S/C20H18N4O/c1-25-15-9-7-14(8-10-15)17-12-16-19(21)23-18(24-20(16)22-17)11-13-5-3-2-4-6-13/h2-10,12H,11H2,1H3,(H3,21,22,23,24). The maximum absolute atomic E-state index is 6.16. The minimum atomic E-state index is 0.493. The van der Waals surface area contributed by atoms with Gasteiger partial charge >= 0.3 is 0 Å². The number of nitrogens with two attached hydrogens (primary N) is 1. The van der Waals surface area contributed by atoms with Crippen molar-refractivity contribution in [2.45, 2.75) is 6.42 Å². The summed E-state index contributed by atoms with van der Waals surface area (Å²) in [5.74, 6) is 2.02. The first kappa shape index (κ1) is 15.2. The van der Waals surface area contributed by atoms with E-state index in [-0.39, 0.29) is 0 Å². The molecule has 0 aliphatic carbocycles. The topological polar surface area (TPSA) is 76.8 Å². The predicted octanol–water partition coefficient (Wildman–Crippen LogP) is 3.81. The predicted molar refractivity (Wildman–Crippen MR) is 99.5 cm³/mol. The Morgan fingerprint density at radius 3 is 2.48 bits per heavy atom. The molecule has 124 valence electrons. The minimum Gasteiger partial charge on any atom is -0.497 e. The summed E-state index contributed by atoms with van der Waals surface area (Å²) >= 11 is 0. The number of aromatic nitrogens is 3. The smallest absolute Gasteiger partial charge is 0.143 e. The third kappa shape index (κ3) is 3.04. The van der Waals surface area contributed by atoms with Crippen molar-refractivity contribution in [1.29, 1.82) is 0 Å². The van der Waals surface area contributed by atoms with Crippen molar-refractivity contribution in [1.82, 2.24) is 15.0 Å². The van der Waals surface area contributed by atoms with Gasteiger partial charge in [-0.3, -0.25) is 0 Å². The van der Waals surface area contributed by atoms with Gasteiger partial charge in [-0.25, -0.2) is 9.97 Å². The molecule has 2 heterocycles. The van der Waals surface area contributed by atoms with Crippen LogP contribution in [0.2, 0.25) is 0 Å². The highest BCUT2D eigenvalue weighted by Crippen LogP contribution is 2.27. The van der Waals surface area contributed by atoms with Gasteiger partial charge in [0.15, 0.2) is 0 Å². The summed E-state index contributed by atoms with van der Waals surface area (Å²) in [6.45, 7) is 0. The van der Waals surface area contributed by atoms with Crippen LogP contribution in [0.1, 0.15) is 11.4 Å². The number of H-pyrrole nitrogens is 1. The van der Waals surface area contributed by atoms with Gasteiger partial charge in [0.05, 0.1) is 12.5 Å². The number of benzene rings is 2. The fourth-order valence-corrected chi connectivity index (χ4v) is 2.86. The number of anilines is 1. The molecule has 0 fully saturated rings. The molecule has 0 aliphatic rings. The van der Waals surface area contributed by atoms with Crippen molar-refractivity contribution in [2.75, 3.05) is 12.8 Å². The van der Waals surface area contributed by atoms with Crippen molar-refractivity contribution < 1.29 is 4.74 Å². The number of aromatic amines is 1. The molecule has 2 aromatic carbocycles. The zero-order valence-electron chi connectivity index (χ0n) is 13.9. The van der Waals surface area contributed by atoms with E-state index >= 15 is 0 Å². The van der Waals surface area contributed by atoms with Crippen LogP contribution < -0.4 is 10.5 Å². The number of nitrogens with one attached hydrogen (secondary N) is 1. The molecule has 0 bridgehead atoms. The molecule has 5 heteroatoms. The van der Waals surface area contributed by atoms with E-state index in [1.807, 2.05) is 48.5 Å². The van der Waals surface area contributed by atoms with E-state index in [0.29, 0.717) is 18.1 Å². The van der Waals surface area contributed by atoms with Crippen LogP contribution in [0.4, 0.5) is 5.82 Å². The lowest BCUT2D eigenvalue weighted by Crippen LogP contribution is -2.01. The Balaban J connectivity index is 1.71. The van der Waals surface area contributed by atoms with E-state index < -0.39 is 0 Å². The SMILES string of the molecule is COc1ccc(-c2cc3c(N)nc(Cc4ccccc4)nc3[nH]2)cc1. The fraction of sp³-hybridized carbons (Fsp3) is 0.100. The van der Waals surface area contributed by atoms with Crippen LogP contribution in [0, 0.1) is 0 Å². The molecule has 0 saturated heterocycles. The zero-order chi connectivity index (χ0) is 17.2. The summed E-state index contributed by atoms with van der Waals surface area (Å²) in [7, 11) is 1.66. The largest absolute Gasteiger partial charge is 0.497 e. The minimum absolute atomic E-state index is 0.493. The monoisotopic (exact) mass is 330 g/mol. The summed E-state index contributed by atoms with van der Waals surface area (Å²) in [6, 6.07) is 20.0. The molecular weight excluding hydrogens is 312 g/mol. The lowest BCUT2D eigenvalue weighted by Gasteiger charge is -2.02. The highest BCUT2D eigenvalue weighted by molar-refractivity contribution is 5.90. The van der Waals surface area contributed by atoms with E-state index in [2.05, 4.69) is 27.1 Å². The van der Waals surface area contributed by atoms with Gasteiger partial charge in [-0.2, -0.15) is 0 Å². The Labute approximate surface area is 145 Å². The summed E-state index contributed by atoms with van der Waals surface area (Å²) < 4.78 is 5.20. The van der Waals surface area contributed by atoms with Gasteiger partial charge in [-0.15, -0.1) is 0 Å². The maximum atomic E-state index is 6.16. The summed E-state index contributed by atoms with van der Waals surface area (Å²) in [4.78, 5) is 12.4. The van der Waals surface area contributed by atoms with Crippen LogP contribution >= 0.6 is 0 Å². The number of fused-ring (bicyclic) bond motifs is 1. The fourth-order valence-electron chi connectivity index (χ4n) is 2.86. The molecule has 25 heavy (non-hydrogen) atoms. The van der Waals surface area contributed by atoms with Crippen molar-refractivity contribution in [3.05, 3.63) is 72.1 Å². The molecule has 0 unspecified atom stereocenters. The van der Waals surface area contributed by atoms with Gasteiger partial charge in [0.1, 0.15) is 23.0 Å². The molecule has 0 saturated carbocycles. The van der Waals surface area contributed by atoms with E-state index in [4.69, 9.17) is 10.5 Å². The molecule has 2 aromatic heterocycles. The molecule has 0 aliphatic heterocycles. The van der Waals surface area contributed by atoms with Crippen LogP contribution in [0.5, 0.6) is 5.75 Å². The van der Waals surface area contributed by atoms with Gasteiger partial charge < -0.3 is 15.5 Å². The first-order valence-corrected chi connectivity index (χ1v) is 8.06. The summed E-state index contributed by atoms with van der Waals surface area (Å²) in [5, 5.41) is 0.836. The number of hydrogen-bond acceptors (Lipinski definition) is 4. The van der Waals surface area contributed by atoms with E-state index in [1.54, 1.807) is 7.11 Å². The highest BCUT2D eigenvalue weighted by atomic mass is 16.5. The van der Waals surface area contributed by atoms with E-state index in [0.717, 1.165) is 33.6 Å². The Morgan fingerprint density at radius 2 is 1.76 bits per heavy atom. The number of nitrogens with zero attached hydrogens (tertiary/aromatic N) is 2. The molecule has 3 N–H and O–H groups in total. The maximum Gasteiger partial charge on any atom is 0.143 e. The van der Waals surface area contributed by atoms with Gasteiger partial charge in [0, 0.05) is 12.1 Å². The quantitative estimate of drug-likeness (QED) is 0.596. The third-order valence-corrected chi connectivity index (χ3v) is 4.17. The molecule has 0 radical (unpaired) electrons. The zero-order valence-corrected chi connectivity index (χ0v) is 13.9. The van der Waals surface area contributed by atoms with E-state index in [1.165, 1.54) is 0 Å². The Hall–Kier alpha value is -3.34. The Bertz CT molecular complexity index is 1010. The average Bonchev–Trinajstić information content (AvgIpc) is 3.07. The summed E-state index contributed by atoms with van der Waals surface area (Å²) in [5.41, 5.74) is 10.1. The second kappa shape index (κ2) is 6.28. The third-order valence-electron chi connectivity index (χ3n) is 4.17. The van der Waals surface area contributed by atoms with E-state index in [9.17, 15) is 0 Å². The molecule has 0 atom stereocenters. The van der Waals surface area contributed by atoms with Crippen LogP contribution in [0.3, 0.4) is 0 Å². The van der Waals surface area contributed by atoms with Gasteiger partial charge in [-0.1, -0.05) is 30.3 Å². The number of methoxy groups -OCH3 is 1. The lowest BCUT2D eigenvalue weighted by atomic mass is 10.1.